The molecular formula is C32H40N6O4. The van der Waals surface area contributed by atoms with Gasteiger partial charge in [0.25, 0.3) is 0 Å². The van der Waals surface area contributed by atoms with Crippen molar-refractivity contribution >= 4 is 22.1 Å². The number of benzene rings is 1. The molecule has 0 aliphatic carbocycles. The highest BCUT2D eigenvalue weighted by Gasteiger charge is 2.31. The maximum atomic E-state index is 13.3. The van der Waals surface area contributed by atoms with Crippen molar-refractivity contribution in [2.24, 2.45) is 18.9 Å². The van der Waals surface area contributed by atoms with Gasteiger partial charge in [0.2, 0.25) is 0 Å². The van der Waals surface area contributed by atoms with Crippen LogP contribution < -0.4 is 5.69 Å². The van der Waals surface area contributed by atoms with Crippen LogP contribution in [0.15, 0.2) is 41.3 Å². The molecule has 222 valence electrons. The minimum absolute atomic E-state index is 0.0580. The Morgan fingerprint density at radius 1 is 0.976 bits per heavy atom. The summed E-state index contributed by atoms with van der Waals surface area (Å²) in [7, 11) is 1.77. The minimum atomic E-state index is -0.0755. The molecule has 1 atom stereocenters. The number of pyridine rings is 1. The van der Waals surface area contributed by atoms with E-state index in [1.54, 1.807) is 11.6 Å². The lowest BCUT2D eigenvalue weighted by atomic mass is 9.83. The molecule has 10 heteroatoms. The Balaban J connectivity index is 1.05. The van der Waals surface area contributed by atoms with Crippen LogP contribution >= 0.6 is 0 Å². The van der Waals surface area contributed by atoms with Crippen LogP contribution in [0.3, 0.4) is 0 Å². The third-order valence-corrected chi connectivity index (χ3v) is 9.60. The number of hydrogen-bond acceptors (Lipinski definition) is 8. The zero-order valence-corrected chi connectivity index (χ0v) is 24.6. The second-order valence-corrected chi connectivity index (χ2v) is 12.1. The lowest BCUT2D eigenvalue weighted by molar-refractivity contribution is -0.0735. The third-order valence-electron chi connectivity index (χ3n) is 9.60. The second-order valence-electron chi connectivity index (χ2n) is 12.1. The predicted octanol–water partition coefficient (Wildman–Crippen LogP) is 4.13. The molecule has 42 heavy (non-hydrogen) atoms. The number of ether oxygens (including phenoxy) is 3. The van der Waals surface area contributed by atoms with E-state index in [4.69, 9.17) is 19.2 Å². The van der Waals surface area contributed by atoms with E-state index in [-0.39, 0.29) is 17.8 Å². The number of hydrogen-bond donors (Lipinski definition) is 0. The van der Waals surface area contributed by atoms with Crippen molar-refractivity contribution in [1.29, 1.82) is 0 Å². The van der Waals surface area contributed by atoms with Gasteiger partial charge in [-0.3, -0.25) is 14.1 Å². The number of nitrogens with zero attached hydrogens (tertiary/aromatic N) is 6. The van der Waals surface area contributed by atoms with Crippen molar-refractivity contribution in [3.63, 3.8) is 0 Å². The molecule has 7 rings (SSSR count). The van der Waals surface area contributed by atoms with Crippen LogP contribution in [0.1, 0.15) is 50.4 Å². The first-order chi connectivity index (χ1) is 20.6. The topological polar surface area (TPSA) is 96.5 Å². The molecule has 0 saturated carbocycles. The summed E-state index contributed by atoms with van der Waals surface area (Å²) in [5.74, 6) is 1.63. The summed E-state index contributed by atoms with van der Waals surface area (Å²) in [4.78, 5) is 20.6. The van der Waals surface area contributed by atoms with Gasteiger partial charge in [-0.1, -0.05) is 12.1 Å². The van der Waals surface area contributed by atoms with Gasteiger partial charge in [-0.15, -0.1) is 10.2 Å². The Labute approximate surface area is 245 Å². The molecule has 0 bridgehead atoms. The first kappa shape index (κ1) is 27.6. The summed E-state index contributed by atoms with van der Waals surface area (Å²) in [6.07, 6.45) is 6.00. The van der Waals surface area contributed by atoms with Gasteiger partial charge in [-0.25, -0.2) is 4.79 Å². The fourth-order valence-electron chi connectivity index (χ4n) is 6.79. The maximum Gasteiger partial charge on any atom is 0.330 e. The van der Waals surface area contributed by atoms with Gasteiger partial charge in [0.15, 0.2) is 5.65 Å². The van der Waals surface area contributed by atoms with E-state index in [0.29, 0.717) is 25.5 Å². The number of piperidine rings is 1. The van der Waals surface area contributed by atoms with Crippen LogP contribution in [0.25, 0.3) is 33.2 Å². The van der Waals surface area contributed by atoms with Crippen molar-refractivity contribution in [3.8, 4) is 11.1 Å². The average molecular weight is 573 g/mol. The summed E-state index contributed by atoms with van der Waals surface area (Å²) in [6, 6.07) is 10.4. The molecule has 3 fully saturated rings. The molecule has 4 aromatic rings. The Morgan fingerprint density at radius 2 is 1.76 bits per heavy atom. The van der Waals surface area contributed by atoms with E-state index >= 15 is 0 Å². The Kier molecular flexibility index (Phi) is 7.79. The molecule has 3 aliphatic heterocycles. The monoisotopic (exact) mass is 572 g/mol. The van der Waals surface area contributed by atoms with Gasteiger partial charge in [0, 0.05) is 55.9 Å². The normalized spacial score (nSPS) is 20.3. The predicted molar refractivity (Wildman–Crippen MR) is 160 cm³/mol. The lowest BCUT2D eigenvalue weighted by Gasteiger charge is -2.39. The number of aryl methyl sites for hydroxylation is 1. The molecule has 0 unspecified atom stereocenters. The zero-order chi connectivity index (χ0) is 28.6. The number of aromatic nitrogens is 5. The molecular weight excluding hydrogens is 532 g/mol. The number of rotatable bonds is 8. The molecule has 0 spiro atoms. The Morgan fingerprint density at radius 3 is 2.48 bits per heavy atom. The molecule has 3 saturated heterocycles. The molecule has 3 aromatic heterocycles. The van der Waals surface area contributed by atoms with Crippen molar-refractivity contribution in [3.05, 3.63) is 52.7 Å². The van der Waals surface area contributed by atoms with Crippen LogP contribution in [-0.2, 0) is 21.3 Å². The molecule has 10 nitrogen and oxygen atoms in total. The summed E-state index contributed by atoms with van der Waals surface area (Å²) in [5.41, 5.74) is 5.11. The van der Waals surface area contributed by atoms with E-state index in [9.17, 15) is 4.79 Å². The van der Waals surface area contributed by atoms with Crippen LogP contribution in [0, 0.1) is 11.8 Å². The highest BCUT2D eigenvalue weighted by atomic mass is 16.5. The number of imidazole rings is 1. The summed E-state index contributed by atoms with van der Waals surface area (Å²) >= 11 is 0. The summed E-state index contributed by atoms with van der Waals surface area (Å²) < 4.78 is 20.7. The summed E-state index contributed by atoms with van der Waals surface area (Å²) in [6.45, 7) is 9.28. The first-order valence-electron chi connectivity index (χ1n) is 15.4. The standard InChI is InChI=1S/C32H40N6O4/c1-21(42-16-13-37-11-7-22(8-12-37)25-19-41-20-25)28-5-4-24(18-33-28)23-3-6-29-27(17-23)30-31(35-34-29)36(2)32(39)38(30)26-9-14-40-15-10-26/h3-6,17-18,21-22,25-26H,7-16,19-20H2,1-2H3/t21-/m1/s1. The largest absolute Gasteiger partial charge is 0.381 e. The summed E-state index contributed by atoms with van der Waals surface area (Å²) in [5, 5.41) is 9.77. The second kappa shape index (κ2) is 11.8. The quantitative estimate of drug-likeness (QED) is 0.311. The van der Waals surface area contributed by atoms with Gasteiger partial charge in [-0.05, 0) is 75.4 Å². The van der Waals surface area contributed by atoms with E-state index in [2.05, 4.69) is 40.2 Å². The van der Waals surface area contributed by atoms with Crippen LogP contribution in [0.4, 0.5) is 0 Å². The Hall–Kier alpha value is -3.18. The fraction of sp³-hybridized carbons (Fsp3) is 0.562. The van der Waals surface area contributed by atoms with Crippen molar-refractivity contribution in [2.45, 2.75) is 44.8 Å². The van der Waals surface area contributed by atoms with Crippen molar-refractivity contribution in [2.75, 3.05) is 52.7 Å². The van der Waals surface area contributed by atoms with E-state index in [1.807, 2.05) is 22.9 Å². The van der Waals surface area contributed by atoms with Gasteiger partial charge < -0.3 is 19.1 Å². The number of fused-ring (bicyclic) bond motifs is 3. The SMILES string of the molecule is C[C@@H](OCCN1CCC(C2COC2)CC1)c1ccc(-c2ccc3nnc4c(c3c2)n(C2CCOCC2)c(=O)n4C)cn1. The van der Waals surface area contributed by atoms with Crippen molar-refractivity contribution in [1.82, 2.24) is 29.2 Å². The minimum Gasteiger partial charge on any atom is -0.381 e. The van der Waals surface area contributed by atoms with Crippen LogP contribution in [-0.4, -0.2) is 81.9 Å². The van der Waals surface area contributed by atoms with Gasteiger partial charge in [0.1, 0.15) is 5.52 Å². The van der Waals surface area contributed by atoms with Crippen molar-refractivity contribution < 1.29 is 14.2 Å². The molecule has 3 aliphatic rings. The highest BCUT2D eigenvalue weighted by molar-refractivity contribution is 6.02. The number of likely N-dealkylation sites (tertiary alicyclic amines) is 1. The van der Waals surface area contributed by atoms with Gasteiger partial charge in [0.05, 0.1) is 37.1 Å². The molecule has 0 radical (unpaired) electrons. The lowest BCUT2D eigenvalue weighted by Crippen LogP contribution is -2.42. The Bertz CT molecular complexity index is 1600. The molecule has 1 aromatic carbocycles. The molecule has 6 heterocycles. The molecule has 0 N–H and O–H groups in total. The van der Waals surface area contributed by atoms with Gasteiger partial charge >= 0.3 is 5.69 Å². The highest BCUT2D eigenvalue weighted by Crippen LogP contribution is 2.32. The average Bonchev–Trinajstić information content (AvgIpc) is 3.27. The molecule has 0 amide bonds. The van der Waals surface area contributed by atoms with Gasteiger partial charge in [-0.2, -0.15) is 0 Å². The van der Waals surface area contributed by atoms with Crippen LogP contribution in [0.5, 0.6) is 0 Å². The first-order valence-corrected chi connectivity index (χ1v) is 15.4. The third kappa shape index (κ3) is 5.25. The van der Waals surface area contributed by atoms with E-state index < -0.39 is 0 Å². The smallest absolute Gasteiger partial charge is 0.330 e. The van der Waals surface area contributed by atoms with Crippen LogP contribution in [0.2, 0.25) is 0 Å². The maximum absolute atomic E-state index is 13.3. The van der Waals surface area contributed by atoms with E-state index in [1.165, 1.54) is 12.8 Å². The zero-order valence-electron chi connectivity index (χ0n) is 24.6. The fourth-order valence-corrected chi connectivity index (χ4v) is 6.79. The van der Waals surface area contributed by atoms with E-state index in [0.717, 1.165) is 90.8 Å².